The molecular weight excluding hydrogens is 343 g/mol. The molecule has 18 heavy (non-hydrogen) atoms. The lowest BCUT2D eigenvalue weighted by molar-refractivity contribution is 0.0697. The Morgan fingerprint density at radius 2 is 2.00 bits per heavy atom. The van der Waals surface area contributed by atoms with E-state index in [-0.39, 0.29) is 5.56 Å². The summed E-state index contributed by atoms with van der Waals surface area (Å²) in [7, 11) is 0. The van der Waals surface area contributed by atoms with E-state index in [0.29, 0.717) is 5.75 Å². The summed E-state index contributed by atoms with van der Waals surface area (Å²) in [4.78, 5) is 10.8. The van der Waals surface area contributed by atoms with Crippen molar-refractivity contribution < 1.29 is 14.6 Å². The monoisotopic (exact) mass is 354 g/mol. The maximum absolute atomic E-state index is 10.8. The molecule has 0 fully saturated rings. The van der Waals surface area contributed by atoms with Crippen LogP contribution in [0.5, 0.6) is 11.5 Å². The highest BCUT2D eigenvalue weighted by atomic mass is 127. The fourth-order valence-electron chi connectivity index (χ4n) is 1.55. The van der Waals surface area contributed by atoms with Gasteiger partial charge in [-0.15, -0.1) is 0 Å². The van der Waals surface area contributed by atoms with Gasteiger partial charge in [0.25, 0.3) is 0 Å². The number of rotatable bonds is 3. The van der Waals surface area contributed by atoms with Gasteiger partial charge in [-0.25, -0.2) is 4.79 Å². The zero-order chi connectivity index (χ0) is 13.1. The number of hydrogen-bond donors (Lipinski definition) is 1. The molecule has 0 aliphatic heterocycles. The van der Waals surface area contributed by atoms with E-state index in [1.54, 1.807) is 18.2 Å². The number of hydrogen-bond acceptors (Lipinski definition) is 2. The smallest absolute Gasteiger partial charge is 0.335 e. The van der Waals surface area contributed by atoms with Crippen molar-refractivity contribution in [2.45, 2.75) is 6.92 Å². The van der Waals surface area contributed by atoms with Gasteiger partial charge in [0.15, 0.2) is 0 Å². The molecule has 0 atom stereocenters. The number of benzene rings is 2. The van der Waals surface area contributed by atoms with Gasteiger partial charge >= 0.3 is 5.97 Å². The third-order valence-electron chi connectivity index (χ3n) is 2.45. The second-order valence-corrected chi connectivity index (χ2v) is 5.09. The van der Waals surface area contributed by atoms with Crippen molar-refractivity contribution in [2.75, 3.05) is 0 Å². The Balaban J connectivity index is 2.27. The summed E-state index contributed by atoms with van der Waals surface area (Å²) in [6, 6.07) is 12.5. The number of aryl methyl sites for hydroxylation is 1. The van der Waals surface area contributed by atoms with Crippen LogP contribution in [0.1, 0.15) is 15.9 Å². The van der Waals surface area contributed by atoms with E-state index in [4.69, 9.17) is 9.84 Å². The molecular formula is C14H11IO3. The molecule has 2 aromatic carbocycles. The average molecular weight is 354 g/mol. The molecule has 0 aliphatic rings. The minimum absolute atomic E-state index is 0.266. The van der Waals surface area contributed by atoms with E-state index in [1.807, 2.05) is 31.2 Å². The summed E-state index contributed by atoms with van der Waals surface area (Å²) in [5, 5.41) is 8.88. The fraction of sp³-hybridized carbons (Fsp3) is 0.0714. The van der Waals surface area contributed by atoms with Gasteiger partial charge in [0.1, 0.15) is 11.5 Å². The Hall–Kier alpha value is -1.56. The molecule has 2 rings (SSSR count). The first-order chi connectivity index (χ1) is 8.56. The van der Waals surface area contributed by atoms with Crippen molar-refractivity contribution in [1.82, 2.24) is 0 Å². The number of carboxylic acid groups (broad SMARTS) is 1. The quantitative estimate of drug-likeness (QED) is 0.845. The molecule has 92 valence electrons. The van der Waals surface area contributed by atoms with Gasteiger partial charge in [-0.2, -0.15) is 0 Å². The standard InChI is InChI=1S/C14H11IO3/c1-9-7-10(14(16)17)5-6-13(9)18-12-4-2-3-11(15)8-12/h2-8H,1H3,(H,16,17). The first kappa shape index (κ1) is 12.9. The maximum Gasteiger partial charge on any atom is 0.335 e. The van der Waals surface area contributed by atoms with Gasteiger partial charge in [0, 0.05) is 3.57 Å². The minimum atomic E-state index is -0.932. The second kappa shape index (κ2) is 5.39. The SMILES string of the molecule is Cc1cc(C(=O)O)ccc1Oc1cccc(I)c1. The zero-order valence-corrected chi connectivity index (χ0v) is 11.8. The average Bonchev–Trinajstić information content (AvgIpc) is 2.31. The fourth-order valence-corrected chi connectivity index (χ4v) is 2.07. The molecule has 0 saturated carbocycles. The molecule has 0 aliphatic carbocycles. The van der Waals surface area contributed by atoms with Crippen LogP contribution in [-0.4, -0.2) is 11.1 Å². The molecule has 1 N–H and O–H groups in total. The number of carbonyl (C=O) groups is 1. The molecule has 0 heterocycles. The molecule has 0 saturated heterocycles. The lowest BCUT2D eigenvalue weighted by atomic mass is 10.1. The van der Waals surface area contributed by atoms with Crippen molar-refractivity contribution >= 4 is 28.6 Å². The Labute approximate surface area is 119 Å². The van der Waals surface area contributed by atoms with Gasteiger partial charge in [-0.1, -0.05) is 6.07 Å². The van der Waals surface area contributed by atoms with Crippen molar-refractivity contribution in [2.24, 2.45) is 0 Å². The predicted octanol–water partition coefficient (Wildman–Crippen LogP) is 4.09. The van der Waals surface area contributed by atoms with Gasteiger partial charge < -0.3 is 9.84 Å². The first-order valence-electron chi connectivity index (χ1n) is 5.33. The van der Waals surface area contributed by atoms with E-state index in [0.717, 1.165) is 14.9 Å². The summed E-state index contributed by atoms with van der Waals surface area (Å²) in [6.07, 6.45) is 0. The Morgan fingerprint density at radius 1 is 1.22 bits per heavy atom. The highest BCUT2D eigenvalue weighted by Crippen LogP contribution is 2.26. The van der Waals surface area contributed by atoms with E-state index in [9.17, 15) is 4.79 Å². The predicted molar refractivity (Wildman–Crippen MR) is 77.4 cm³/mol. The Morgan fingerprint density at radius 3 is 2.61 bits per heavy atom. The van der Waals surface area contributed by atoms with Crippen LogP contribution in [0.25, 0.3) is 0 Å². The number of ether oxygens (including phenoxy) is 1. The highest BCUT2D eigenvalue weighted by molar-refractivity contribution is 14.1. The van der Waals surface area contributed by atoms with E-state index >= 15 is 0 Å². The lowest BCUT2D eigenvalue weighted by Crippen LogP contribution is -1.97. The lowest BCUT2D eigenvalue weighted by Gasteiger charge is -2.09. The van der Waals surface area contributed by atoms with E-state index in [2.05, 4.69) is 22.6 Å². The maximum atomic E-state index is 10.8. The van der Waals surface area contributed by atoms with Crippen LogP contribution >= 0.6 is 22.6 Å². The van der Waals surface area contributed by atoms with Crippen molar-refractivity contribution in [3.8, 4) is 11.5 Å². The third-order valence-corrected chi connectivity index (χ3v) is 3.12. The van der Waals surface area contributed by atoms with Crippen molar-refractivity contribution in [3.05, 3.63) is 57.2 Å². The molecule has 0 amide bonds. The van der Waals surface area contributed by atoms with Gasteiger partial charge in [0.2, 0.25) is 0 Å². The van der Waals surface area contributed by atoms with Gasteiger partial charge in [0.05, 0.1) is 5.56 Å². The molecule has 2 aromatic rings. The van der Waals surface area contributed by atoms with Crippen LogP contribution in [0.3, 0.4) is 0 Å². The first-order valence-corrected chi connectivity index (χ1v) is 6.41. The Kier molecular flexibility index (Phi) is 3.86. The van der Waals surface area contributed by atoms with Crippen LogP contribution in [0.15, 0.2) is 42.5 Å². The van der Waals surface area contributed by atoms with Crippen LogP contribution in [0.4, 0.5) is 0 Å². The van der Waals surface area contributed by atoms with Crippen LogP contribution in [-0.2, 0) is 0 Å². The Bertz CT molecular complexity index is 593. The third kappa shape index (κ3) is 3.01. The summed E-state index contributed by atoms with van der Waals surface area (Å²) in [6.45, 7) is 1.83. The molecule has 4 heteroatoms. The number of carboxylic acids is 1. The molecule has 0 bridgehead atoms. The van der Waals surface area contributed by atoms with Crippen LogP contribution in [0, 0.1) is 10.5 Å². The largest absolute Gasteiger partial charge is 0.478 e. The zero-order valence-electron chi connectivity index (χ0n) is 9.68. The molecule has 0 unspecified atom stereocenters. The number of aromatic carboxylic acids is 1. The van der Waals surface area contributed by atoms with Crippen LogP contribution in [0.2, 0.25) is 0 Å². The summed E-state index contributed by atoms with van der Waals surface area (Å²) in [5.74, 6) is 0.481. The molecule has 0 aromatic heterocycles. The van der Waals surface area contributed by atoms with Crippen molar-refractivity contribution in [1.29, 1.82) is 0 Å². The van der Waals surface area contributed by atoms with E-state index in [1.165, 1.54) is 0 Å². The van der Waals surface area contributed by atoms with Gasteiger partial charge in [-0.3, -0.25) is 0 Å². The normalized spacial score (nSPS) is 10.1. The molecule has 3 nitrogen and oxygen atoms in total. The summed E-state index contributed by atoms with van der Waals surface area (Å²) in [5.41, 5.74) is 1.07. The van der Waals surface area contributed by atoms with Gasteiger partial charge in [-0.05, 0) is 71.5 Å². The second-order valence-electron chi connectivity index (χ2n) is 3.84. The van der Waals surface area contributed by atoms with E-state index < -0.39 is 5.97 Å². The molecule has 0 spiro atoms. The number of halogens is 1. The summed E-state index contributed by atoms with van der Waals surface area (Å²) >= 11 is 2.21. The summed E-state index contributed by atoms with van der Waals surface area (Å²) < 4.78 is 6.81. The van der Waals surface area contributed by atoms with Crippen LogP contribution < -0.4 is 4.74 Å². The topological polar surface area (TPSA) is 46.5 Å². The van der Waals surface area contributed by atoms with Crippen molar-refractivity contribution in [3.63, 3.8) is 0 Å². The molecule has 0 radical (unpaired) electrons. The highest BCUT2D eigenvalue weighted by Gasteiger charge is 2.07. The minimum Gasteiger partial charge on any atom is -0.478 e.